The van der Waals surface area contributed by atoms with E-state index in [1.807, 2.05) is 42.7 Å². The summed E-state index contributed by atoms with van der Waals surface area (Å²) in [5, 5.41) is 0. The van der Waals surface area contributed by atoms with Gasteiger partial charge in [-0.15, -0.1) is 11.8 Å². The number of carbonyl (C=O) groups excluding carboxylic acids is 1. The van der Waals surface area contributed by atoms with Crippen molar-refractivity contribution < 1.29 is 14.3 Å². The second kappa shape index (κ2) is 6.70. The molecule has 6 heteroatoms. The van der Waals surface area contributed by atoms with Crippen LogP contribution >= 0.6 is 11.8 Å². The maximum atomic E-state index is 12.0. The first kappa shape index (κ1) is 14.7. The van der Waals surface area contributed by atoms with Crippen molar-refractivity contribution in [3.63, 3.8) is 0 Å². The number of hydrogen-bond donors (Lipinski definition) is 0. The van der Waals surface area contributed by atoms with Crippen LogP contribution in [0.25, 0.3) is 0 Å². The Bertz CT molecular complexity index is 634. The highest BCUT2D eigenvalue weighted by Crippen LogP contribution is 2.24. The molecule has 0 aliphatic carbocycles. The van der Waals surface area contributed by atoms with Crippen molar-refractivity contribution in [2.45, 2.75) is 11.0 Å². The van der Waals surface area contributed by atoms with E-state index in [2.05, 4.69) is 4.98 Å². The van der Waals surface area contributed by atoms with Crippen LogP contribution in [0.2, 0.25) is 0 Å². The van der Waals surface area contributed by atoms with Gasteiger partial charge in [-0.2, -0.15) is 0 Å². The van der Waals surface area contributed by atoms with Crippen molar-refractivity contribution in [2.24, 2.45) is 0 Å². The summed E-state index contributed by atoms with van der Waals surface area (Å²) in [4.78, 5) is 18.8. The number of pyridine rings is 1. The lowest BCUT2D eigenvalue weighted by Crippen LogP contribution is -2.26. The van der Waals surface area contributed by atoms with E-state index in [0.29, 0.717) is 19.0 Å². The molecule has 1 aliphatic rings. The van der Waals surface area contributed by atoms with E-state index in [9.17, 15) is 4.79 Å². The van der Waals surface area contributed by atoms with Crippen molar-refractivity contribution in [3.05, 3.63) is 48.7 Å². The number of rotatable bonds is 5. The third-order valence-corrected chi connectivity index (χ3v) is 4.06. The highest BCUT2D eigenvalue weighted by Gasteiger charge is 2.32. The highest BCUT2D eigenvalue weighted by atomic mass is 32.2. The standard InChI is InChI=1S/C16H16N2O3S/c1-22-14-7-5-12(6-8-14)18-10-13(21-16(18)19)11-20-15-4-2-3-9-17-15/h2-9,13H,10-11H2,1H3/t13-/m1/s1. The Labute approximate surface area is 133 Å². The van der Waals surface area contributed by atoms with Gasteiger partial charge in [0.2, 0.25) is 5.88 Å². The maximum absolute atomic E-state index is 12.0. The number of aromatic nitrogens is 1. The number of amides is 1. The molecular formula is C16H16N2O3S. The van der Waals surface area contributed by atoms with Crippen molar-refractivity contribution in [3.8, 4) is 5.88 Å². The van der Waals surface area contributed by atoms with Gasteiger partial charge >= 0.3 is 6.09 Å². The summed E-state index contributed by atoms with van der Waals surface area (Å²) in [5.74, 6) is 0.529. The summed E-state index contributed by atoms with van der Waals surface area (Å²) in [5.41, 5.74) is 0.836. The van der Waals surface area contributed by atoms with Gasteiger partial charge in [0.1, 0.15) is 6.61 Å². The molecule has 0 N–H and O–H groups in total. The molecule has 0 spiro atoms. The Morgan fingerprint density at radius 3 is 2.82 bits per heavy atom. The predicted octanol–water partition coefficient (Wildman–Crippen LogP) is 3.21. The molecular weight excluding hydrogens is 300 g/mol. The molecule has 0 radical (unpaired) electrons. The molecule has 2 aromatic rings. The number of ether oxygens (including phenoxy) is 2. The average Bonchev–Trinajstić information content (AvgIpc) is 2.95. The van der Waals surface area contributed by atoms with E-state index >= 15 is 0 Å². The normalized spacial score (nSPS) is 17.4. The second-order valence-electron chi connectivity index (χ2n) is 4.79. The van der Waals surface area contributed by atoms with Crippen molar-refractivity contribution in [1.82, 2.24) is 4.98 Å². The van der Waals surface area contributed by atoms with Crippen LogP contribution < -0.4 is 9.64 Å². The zero-order chi connectivity index (χ0) is 15.4. The average molecular weight is 316 g/mol. The summed E-state index contributed by atoms with van der Waals surface area (Å²) in [6.45, 7) is 0.770. The van der Waals surface area contributed by atoms with E-state index in [1.165, 1.54) is 0 Å². The lowest BCUT2D eigenvalue weighted by Gasteiger charge is -2.13. The van der Waals surface area contributed by atoms with E-state index in [-0.39, 0.29) is 12.2 Å². The zero-order valence-electron chi connectivity index (χ0n) is 12.1. The molecule has 0 unspecified atom stereocenters. The monoisotopic (exact) mass is 316 g/mol. The van der Waals surface area contributed by atoms with Crippen molar-refractivity contribution in [2.75, 3.05) is 24.3 Å². The van der Waals surface area contributed by atoms with Gasteiger partial charge in [-0.3, -0.25) is 4.90 Å². The van der Waals surface area contributed by atoms with Gasteiger partial charge in [-0.05, 0) is 36.6 Å². The summed E-state index contributed by atoms with van der Waals surface area (Å²) in [7, 11) is 0. The van der Waals surface area contributed by atoms with Gasteiger partial charge in [0.15, 0.2) is 6.10 Å². The third kappa shape index (κ3) is 3.33. The number of hydrogen-bond acceptors (Lipinski definition) is 5. The molecule has 1 aromatic carbocycles. The van der Waals surface area contributed by atoms with Gasteiger partial charge in [-0.25, -0.2) is 9.78 Å². The zero-order valence-corrected chi connectivity index (χ0v) is 13.0. The van der Waals surface area contributed by atoms with Gasteiger partial charge in [-0.1, -0.05) is 6.07 Å². The van der Waals surface area contributed by atoms with Crippen LogP contribution in [0.3, 0.4) is 0 Å². The maximum Gasteiger partial charge on any atom is 0.414 e. The predicted molar refractivity (Wildman–Crippen MR) is 85.6 cm³/mol. The van der Waals surface area contributed by atoms with Crippen molar-refractivity contribution >= 4 is 23.5 Å². The first-order chi connectivity index (χ1) is 10.8. The fraction of sp³-hybridized carbons (Fsp3) is 0.250. The van der Waals surface area contributed by atoms with E-state index in [0.717, 1.165) is 10.6 Å². The minimum absolute atomic E-state index is 0.294. The van der Waals surface area contributed by atoms with Gasteiger partial charge in [0.05, 0.1) is 6.54 Å². The smallest absolute Gasteiger partial charge is 0.414 e. The molecule has 1 aliphatic heterocycles. The number of cyclic esters (lactones) is 1. The quantitative estimate of drug-likeness (QED) is 0.793. The van der Waals surface area contributed by atoms with Crippen molar-refractivity contribution in [1.29, 1.82) is 0 Å². The lowest BCUT2D eigenvalue weighted by molar-refractivity contribution is 0.103. The molecule has 0 bridgehead atoms. The van der Waals surface area contributed by atoms with Gasteiger partial charge in [0.25, 0.3) is 0 Å². The van der Waals surface area contributed by atoms with Gasteiger partial charge < -0.3 is 9.47 Å². The Morgan fingerprint density at radius 1 is 1.32 bits per heavy atom. The largest absolute Gasteiger partial charge is 0.474 e. The van der Waals surface area contributed by atoms with Crippen LogP contribution in [-0.4, -0.2) is 36.6 Å². The molecule has 1 amide bonds. The fourth-order valence-corrected chi connectivity index (χ4v) is 2.60. The topological polar surface area (TPSA) is 51.7 Å². The van der Waals surface area contributed by atoms with E-state index in [1.54, 1.807) is 28.9 Å². The minimum Gasteiger partial charge on any atom is -0.474 e. The first-order valence-electron chi connectivity index (χ1n) is 6.92. The van der Waals surface area contributed by atoms with Gasteiger partial charge in [0, 0.05) is 22.8 Å². The first-order valence-corrected chi connectivity index (χ1v) is 8.15. The minimum atomic E-state index is -0.341. The molecule has 1 saturated heterocycles. The van der Waals surface area contributed by atoms with Crippen LogP contribution in [0.5, 0.6) is 5.88 Å². The summed E-state index contributed by atoms with van der Waals surface area (Å²) in [6, 6.07) is 13.3. The molecule has 114 valence electrons. The summed E-state index contributed by atoms with van der Waals surface area (Å²) < 4.78 is 10.9. The molecule has 1 fully saturated rings. The molecule has 2 heterocycles. The Hall–Kier alpha value is -2.21. The Morgan fingerprint density at radius 2 is 2.14 bits per heavy atom. The number of benzene rings is 1. The molecule has 1 aromatic heterocycles. The number of nitrogens with zero attached hydrogens (tertiary/aromatic N) is 2. The molecule has 5 nitrogen and oxygen atoms in total. The number of carbonyl (C=O) groups is 1. The second-order valence-corrected chi connectivity index (χ2v) is 5.67. The Kier molecular flexibility index (Phi) is 4.48. The fourth-order valence-electron chi connectivity index (χ4n) is 2.19. The van der Waals surface area contributed by atoms with E-state index in [4.69, 9.17) is 9.47 Å². The van der Waals surface area contributed by atoms with Crippen LogP contribution in [0.15, 0.2) is 53.6 Å². The molecule has 0 saturated carbocycles. The Balaban J connectivity index is 1.60. The van der Waals surface area contributed by atoms with Crippen LogP contribution in [0, 0.1) is 0 Å². The highest BCUT2D eigenvalue weighted by molar-refractivity contribution is 7.98. The van der Waals surface area contributed by atoms with Crippen LogP contribution in [0.1, 0.15) is 0 Å². The summed E-state index contributed by atoms with van der Waals surface area (Å²) >= 11 is 1.67. The molecule has 1 atom stereocenters. The molecule has 3 rings (SSSR count). The molecule has 22 heavy (non-hydrogen) atoms. The van der Waals surface area contributed by atoms with Crippen LogP contribution in [-0.2, 0) is 4.74 Å². The summed E-state index contributed by atoms with van der Waals surface area (Å²) in [6.07, 6.45) is 3.04. The van der Waals surface area contributed by atoms with E-state index < -0.39 is 0 Å². The number of thioether (sulfide) groups is 1. The number of anilines is 1. The SMILES string of the molecule is CSc1ccc(N2C[C@H](COc3ccccn3)OC2=O)cc1. The van der Waals surface area contributed by atoms with Crippen LogP contribution in [0.4, 0.5) is 10.5 Å². The third-order valence-electron chi connectivity index (χ3n) is 3.31. The lowest BCUT2D eigenvalue weighted by atomic mass is 10.3.